The predicted octanol–water partition coefficient (Wildman–Crippen LogP) is 2.42. The highest BCUT2D eigenvalue weighted by Crippen LogP contribution is 2.28. The number of benzene rings is 1. The number of hydrogen-bond donors (Lipinski definition) is 1. The minimum Gasteiger partial charge on any atom is -0.497 e. The van der Waals surface area contributed by atoms with Crippen molar-refractivity contribution in [1.82, 2.24) is 4.72 Å². The highest BCUT2D eigenvalue weighted by Gasteiger charge is 2.21. The van der Waals surface area contributed by atoms with Gasteiger partial charge in [0.25, 0.3) is 0 Å². The van der Waals surface area contributed by atoms with E-state index in [0.717, 1.165) is 12.8 Å². The molecule has 0 amide bonds. The molecule has 1 aromatic rings. The number of methoxy groups -OCH3 is 2. The van der Waals surface area contributed by atoms with Gasteiger partial charge in [0.2, 0.25) is 10.0 Å². The van der Waals surface area contributed by atoms with E-state index in [1.807, 2.05) is 0 Å². The zero-order valence-electron chi connectivity index (χ0n) is 12.5. The van der Waals surface area contributed by atoms with Crippen molar-refractivity contribution in [1.29, 1.82) is 0 Å². The van der Waals surface area contributed by atoms with Crippen LogP contribution in [-0.4, -0.2) is 29.2 Å². The van der Waals surface area contributed by atoms with Gasteiger partial charge in [0.1, 0.15) is 16.4 Å². The van der Waals surface area contributed by atoms with Crippen LogP contribution in [0.25, 0.3) is 0 Å². The van der Waals surface area contributed by atoms with Crippen molar-refractivity contribution in [2.75, 3.05) is 20.8 Å². The lowest BCUT2D eigenvalue weighted by Gasteiger charge is -2.15. The van der Waals surface area contributed by atoms with Crippen LogP contribution in [0.4, 0.5) is 0 Å². The lowest BCUT2D eigenvalue weighted by molar-refractivity contribution is 0.391. The van der Waals surface area contributed by atoms with Crippen LogP contribution in [0.1, 0.15) is 26.7 Å². The molecule has 0 bridgehead atoms. The molecule has 0 spiro atoms. The van der Waals surface area contributed by atoms with Crippen LogP contribution < -0.4 is 14.2 Å². The van der Waals surface area contributed by atoms with Crippen LogP contribution in [0.15, 0.2) is 23.1 Å². The monoisotopic (exact) mass is 301 g/mol. The molecule has 5 nitrogen and oxygen atoms in total. The summed E-state index contributed by atoms with van der Waals surface area (Å²) >= 11 is 0. The summed E-state index contributed by atoms with van der Waals surface area (Å²) in [5, 5.41) is 0. The normalized spacial score (nSPS) is 11.7. The van der Waals surface area contributed by atoms with Crippen LogP contribution in [0.3, 0.4) is 0 Å². The molecule has 0 aliphatic rings. The molecule has 6 heteroatoms. The maximum atomic E-state index is 12.4. The molecular formula is C14H23NO4S. The lowest BCUT2D eigenvalue weighted by atomic mass is 10.0. The quantitative estimate of drug-likeness (QED) is 0.801. The van der Waals surface area contributed by atoms with Crippen LogP contribution in [0.2, 0.25) is 0 Å². The van der Waals surface area contributed by atoms with Crippen LogP contribution in [-0.2, 0) is 10.0 Å². The third-order valence-corrected chi connectivity index (χ3v) is 4.82. The van der Waals surface area contributed by atoms with E-state index in [1.165, 1.54) is 20.3 Å². The summed E-state index contributed by atoms with van der Waals surface area (Å²) in [6, 6.07) is 4.72. The average molecular weight is 301 g/mol. The van der Waals surface area contributed by atoms with Gasteiger partial charge in [-0.25, -0.2) is 13.1 Å². The van der Waals surface area contributed by atoms with Gasteiger partial charge in [-0.05, 0) is 18.1 Å². The van der Waals surface area contributed by atoms with Crippen molar-refractivity contribution < 1.29 is 17.9 Å². The van der Waals surface area contributed by atoms with E-state index in [-0.39, 0.29) is 4.90 Å². The Labute approximate surface area is 121 Å². The van der Waals surface area contributed by atoms with Gasteiger partial charge in [-0.15, -0.1) is 0 Å². The Bertz CT molecular complexity index is 524. The molecular weight excluding hydrogens is 278 g/mol. The van der Waals surface area contributed by atoms with E-state index in [9.17, 15) is 8.42 Å². The van der Waals surface area contributed by atoms with Gasteiger partial charge in [-0.3, -0.25) is 0 Å². The molecule has 20 heavy (non-hydrogen) atoms. The molecule has 0 unspecified atom stereocenters. The molecule has 1 aromatic carbocycles. The first-order chi connectivity index (χ1) is 9.48. The van der Waals surface area contributed by atoms with Crippen molar-refractivity contribution in [3.05, 3.63) is 18.2 Å². The maximum absolute atomic E-state index is 12.4. The molecule has 0 saturated heterocycles. The van der Waals surface area contributed by atoms with Gasteiger partial charge in [-0.2, -0.15) is 0 Å². The first-order valence-electron chi connectivity index (χ1n) is 6.70. The van der Waals surface area contributed by atoms with Crippen LogP contribution >= 0.6 is 0 Å². The summed E-state index contributed by atoms with van der Waals surface area (Å²) in [6.45, 7) is 4.53. The third-order valence-electron chi connectivity index (χ3n) is 3.38. The molecule has 0 aliphatic carbocycles. The Balaban J connectivity index is 3.01. The first-order valence-corrected chi connectivity index (χ1v) is 8.18. The fourth-order valence-corrected chi connectivity index (χ4v) is 3.17. The van der Waals surface area contributed by atoms with E-state index >= 15 is 0 Å². The summed E-state index contributed by atoms with van der Waals surface area (Å²) in [6.07, 6.45) is 1.88. The van der Waals surface area contributed by atoms with E-state index in [2.05, 4.69) is 18.6 Å². The van der Waals surface area contributed by atoms with Crippen molar-refractivity contribution in [2.24, 2.45) is 5.92 Å². The summed E-state index contributed by atoms with van der Waals surface area (Å²) in [4.78, 5) is 0.102. The molecule has 1 rings (SSSR count). The van der Waals surface area contributed by atoms with Gasteiger partial charge in [0, 0.05) is 12.6 Å². The molecule has 0 aromatic heterocycles. The van der Waals surface area contributed by atoms with Gasteiger partial charge in [0.05, 0.1) is 14.2 Å². The van der Waals surface area contributed by atoms with Gasteiger partial charge in [-0.1, -0.05) is 26.7 Å². The van der Waals surface area contributed by atoms with Crippen molar-refractivity contribution in [3.63, 3.8) is 0 Å². The lowest BCUT2D eigenvalue weighted by Crippen LogP contribution is -2.29. The Morgan fingerprint density at radius 1 is 1.15 bits per heavy atom. The molecule has 0 radical (unpaired) electrons. The van der Waals surface area contributed by atoms with Crippen LogP contribution in [0.5, 0.6) is 11.5 Å². The second-order valence-corrected chi connectivity index (χ2v) is 6.29. The Morgan fingerprint density at radius 3 is 2.30 bits per heavy atom. The SMILES string of the molecule is CCC(CC)CNS(=O)(=O)c1cc(OC)ccc1OC. The van der Waals surface area contributed by atoms with Crippen molar-refractivity contribution in [2.45, 2.75) is 31.6 Å². The highest BCUT2D eigenvalue weighted by atomic mass is 32.2. The van der Waals surface area contributed by atoms with Gasteiger partial charge in [0.15, 0.2) is 0 Å². The molecule has 0 atom stereocenters. The van der Waals surface area contributed by atoms with Crippen molar-refractivity contribution >= 4 is 10.0 Å². The predicted molar refractivity (Wildman–Crippen MR) is 78.8 cm³/mol. The minimum atomic E-state index is -3.61. The fraction of sp³-hybridized carbons (Fsp3) is 0.571. The van der Waals surface area contributed by atoms with E-state index in [4.69, 9.17) is 9.47 Å². The number of ether oxygens (including phenoxy) is 2. The first kappa shape index (κ1) is 16.8. The Morgan fingerprint density at radius 2 is 1.80 bits per heavy atom. The van der Waals surface area contributed by atoms with E-state index in [0.29, 0.717) is 24.0 Å². The fourth-order valence-electron chi connectivity index (χ4n) is 1.88. The zero-order valence-corrected chi connectivity index (χ0v) is 13.3. The second kappa shape index (κ2) is 7.50. The summed E-state index contributed by atoms with van der Waals surface area (Å²) in [5.74, 6) is 1.12. The minimum absolute atomic E-state index is 0.102. The number of nitrogens with one attached hydrogen (secondary N) is 1. The molecule has 114 valence electrons. The van der Waals surface area contributed by atoms with Gasteiger partial charge >= 0.3 is 0 Å². The molecule has 1 N–H and O–H groups in total. The molecule has 0 fully saturated rings. The average Bonchev–Trinajstić information content (AvgIpc) is 2.47. The number of rotatable bonds is 8. The number of hydrogen-bond acceptors (Lipinski definition) is 4. The summed E-state index contributed by atoms with van der Waals surface area (Å²) in [7, 11) is -0.664. The number of sulfonamides is 1. The summed E-state index contributed by atoms with van der Waals surface area (Å²) in [5.41, 5.74) is 0. The van der Waals surface area contributed by atoms with Crippen LogP contribution in [0, 0.1) is 5.92 Å². The molecule has 0 heterocycles. The van der Waals surface area contributed by atoms with Crippen molar-refractivity contribution in [3.8, 4) is 11.5 Å². The smallest absolute Gasteiger partial charge is 0.244 e. The largest absolute Gasteiger partial charge is 0.497 e. The Kier molecular flexibility index (Phi) is 6.29. The summed E-state index contributed by atoms with van der Waals surface area (Å²) < 4.78 is 37.6. The standard InChI is InChI=1S/C14H23NO4S/c1-5-11(6-2)10-15-20(16,17)14-9-12(18-3)7-8-13(14)19-4/h7-9,11,15H,5-6,10H2,1-4H3. The Hall–Kier alpha value is -1.27. The molecule has 0 aliphatic heterocycles. The maximum Gasteiger partial charge on any atom is 0.244 e. The third kappa shape index (κ3) is 4.11. The van der Waals surface area contributed by atoms with Gasteiger partial charge < -0.3 is 9.47 Å². The van der Waals surface area contributed by atoms with E-state index in [1.54, 1.807) is 12.1 Å². The topological polar surface area (TPSA) is 64.6 Å². The molecule has 0 saturated carbocycles. The second-order valence-electron chi connectivity index (χ2n) is 4.55. The zero-order chi connectivity index (χ0) is 15.2. The highest BCUT2D eigenvalue weighted by molar-refractivity contribution is 7.89. The van der Waals surface area contributed by atoms with E-state index < -0.39 is 10.0 Å².